The molecule has 4 atom stereocenters. The van der Waals surface area contributed by atoms with Crippen LogP contribution >= 0.6 is 0 Å². The molecule has 2 saturated heterocycles. The topological polar surface area (TPSA) is 6.25 Å². The van der Waals surface area contributed by atoms with Gasteiger partial charge in [0.25, 0.3) is 0 Å². The zero-order valence-corrected chi connectivity index (χ0v) is 20.2. The van der Waals surface area contributed by atoms with Crippen molar-refractivity contribution in [1.29, 1.82) is 0 Å². The summed E-state index contributed by atoms with van der Waals surface area (Å²) in [4.78, 5) is 2.67. The second kappa shape index (κ2) is 9.92. The van der Waals surface area contributed by atoms with Crippen LogP contribution in [0.2, 0.25) is 0 Å². The molecule has 0 bridgehead atoms. The molecule has 2 nitrogen and oxygen atoms in total. The van der Waals surface area contributed by atoms with Gasteiger partial charge in [0.2, 0.25) is 6.34 Å². The van der Waals surface area contributed by atoms with Gasteiger partial charge in [0.05, 0.1) is 0 Å². The van der Waals surface area contributed by atoms with Crippen molar-refractivity contribution in [3.63, 3.8) is 0 Å². The monoisotopic (exact) mass is 457 g/mol. The van der Waals surface area contributed by atoms with Gasteiger partial charge in [0.15, 0.2) is 0 Å². The lowest BCUT2D eigenvalue weighted by Crippen LogP contribution is -2.31. The van der Waals surface area contributed by atoms with Crippen molar-refractivity contribution in [2.45, 2.75) is 49.9 Å². The van der Waals surface area contributed by atoms with Gasteiger partial charge < -0.3 is 0 Å². The molecule has 2 heterocycles. The van der Waals surface area contributed by atoms with Crippen molar-refractivity contribution >= 4 is 6.34 Å². The minimum atomic E-state index is 0.384. The lowest BCUT2D eigenvalue weighted by molar-refractivity contribution is -0.590. The molecule has 2 fully saturated rings. The van der Waals surface area contributed by atoms with E-state index in [4.69, 9.17) is 0 Å². The molecule has 2 aliphatic heterocycles. The Kier molecular flexibility index (Phi) is 6.19. The van der Waals surface area contributed by atoms with E-state index in [2.05, 4.69) is 137 Å². The molecule has 35 heavy (non-hydrogen) atoms. The van der Waals surface area contributed by atoms with Crippen LogP contribution < -0.4 is 0 Å². The van der Waals surface area contributed by atoms with Crippen molar-refractivity contribution in [2.24, 2.45) is 0 Å². The van der Waals surface area contributed by atoms with Crippen LogP contribution in [0, 0.1) is 0 Å². The number of benzene rings is 4. The van der Waals surface area contributed by atoms with E-state index in [9.17, 15) is 0 Å². The van der Waals surface area contributed by atoms with E-state index >= 15 is 0 Å². The highest BCUT2D eigenvalue weighted by atomic mass is 15.3. The van der Waals surface area contributed by atoms with Gasteiger partial charge in [-0.3, -0.25) is 9.48 Å². The largest absolute Gasteiger partial charge is 0.255 e. The van der Waals surface area contributed by atoms with Gasteiger partial charge in [-0.15, -0.1) is 0 Å². The Balaban J connectivity index is 1.47. The summed E-state index contributed by atoms with van der Waals surface area (Å²) >= 11 is 0. The van der Waals surface area contributed by atoms with Crippen LogP contribution in [-0.4, -0.2) is 15.8 Å². The van der Waals surface area contributed by atoms with Crippen LogP contribution in [0.25, 0.3) is 0 Å². The average Bonchev–Trinajstić information content (AvgIpc) is 3.55. The Morgan fingerprint density at radius 2 is 0.800 bits per heavy atom. The first kappa shape index (κ1) is 21.9. The van der Waals surface area contributed by atoms with Crippen LogP contribution in [0.5, 0.6) is 0 Å². The van der Waals surface area contributed by atoms with E-state index < -0.39 is 0 Å². The fourth-order valence-corrected chi connectivity index (χ4v) is 6.19. The molecule has 0 N–H and O–H groups in total. The minimum absolute atomic E-state index is 0.384. The predicted molar refractivity (Wildman–Crippen MR) is 143 cm³/mol. The molecule has 0 aliphatic carbocycles. The highest BCUT2D eigenvalue weighted by Crippen LogP contribution is 2.45. The normalized spacial score (nSPS) is 24.0. The van der Waals surface area contributed by atoms with Gasteiger partial charge in [-0.05, 0) is 47.9 Å². The van der Waals surface area contributed by atoms with E-state index in [-0.39, 0.29) is 0 Å². The van der Waals surface area contributed by atoms with Gasteiger partial charge in [-0.2, -0.15) is 0 Å². The minimum Gasteiger partial charge on any atom is -0.255 e. The predicted octanol–water partition coefficient (Wildman–Crippen LogP) is 7.88. The second-order valence-electron chi connectivity index (χ2n) is 9.87. The summed E-state index contributed by atoms with van der Waals surface area (Å²) in [7, 11) is 0. The van der Waals surface area contributed by atoms with Gasteiger partial charge in [-0.1, -0.05) is 121 Å². The number of hydrogen-bond acceptors (Lipinski definition) is 0. The fourth-order valence-electron chi connectivity index (χ4n) is 6.19. The Labute approximate surface area is 209 Å². The second-order valence-corrected chi connectivity index (χ2v) is 9.87. The number of hydrogen-bond donors (Lipinski definition) is 0. The molecule has 4 unspecified atom stereocenters. The summed E-state index contributed by atoms with van der Waals surface area (Å²) in [5.41, 5.74) is 5.64. The van der Waals surface area contributed by atoms with Crippen LogP contribution in [0.1, 0.15) is 72.1 Å². The van der Waals surface area contributed by atoms with Crippen molar-refractivity contribution in [2.75, 3.05) is 0 Å². The van der Waals surface area contributed by atoms with Gasteiger partial charge >= 0.3 is 0 Å². The van der Waals surface area contributed by atoms with E-state index in [1.807, 2.05) is 0 Å². The Morgan fingerprint density at radius 1 is 0.457 bits per heavy atom. The van der Waals surface area contributed by atoms with Gasteiger partial charge in [-0.25, -0.2) is 0 Å². The summed E-state index contributed by atoms with van der Waals surface area (Å²) in [5, 5.41) is 0. The quantitative estimate of drug-likeness (QED) is 0.218. The Hall–Kier alpha value is -3.65. The van der Waals surface area contributed by atoms with E-state index in [0.29, 0.717) is 24.2 Å². The third-order valence-electron chi connectivity index (χ3n) is 7.87. The lowest BCUT2D eigenvalue weighted by atomic mass is 10.0. The lowest BCUT2D eigenvalue weighted by Gasteiger charge is -2.26. The summed E-state index contributed by atoms with van der Waals surface area (Å²) in [5.74, 6) is 0. The molecule has 6 rings (SSSR count). The maximum absolute atomic E-state index is 2.67. The molecule has 174 valence electrons. The molecule has 2 aliphatic rings. The summed E-state index contributed by atoms with van der Waals surface area (Å²) in [6, 6.07) is 45.8. The maximum atomic E-state index is 2.67. The molecule has 2 heteroatoms. The number of rotatable bonds is 5. The average molecular weight is 458 g/mol. The van der Waals surface area contributed by atoms with Crippen LogP contribution in [0.3, 0.4) is 0 Å². The molecule has 0 radical (unpaired) electrons. The van der Waals surface area contributed by atoms with Crippen LogP contribution in [-0.2, 0) is 0 Å². The molecule has 4 aromatic carbocycles. The first-order valence-corrected chi connectivity index (χ1v) is 13.0. The molecule has 0 saturated carbocycles. The SMILES string of the molecule is C(N1C(c2ccccc2)CCC1c1ccccc1)=[N+]1C(c2ccccc2)CCC1c1ccccc1. The van der Waals surface area contributed by atoms with Crippen LogP contribution in [0.4, 0.5) is 0 Å². The van der Waals surface area contributed by atoms with Gasteiger partial charge in [0, 0.05) is 0 Å². The zero-order chi connectivity index (χ0) is 23.5. The van der Waals surface area contributed by atoms with E-state index in [1.165, 1.54) is 47.9 Å². The van der Waals surface area contributed by atoms with Crippen molar-refractivity contribution in [1.82, 2.24) is 4.90 Å². The molecule has 0 amide bonds. The maximum Gasteiger partial charge on any atom is 0.236 e. The van der Waals surface area contributed by atoms with E-state index in [1.54, 1.807) is 0 Å². The molecule has 4 aromatic rings. The highest BCUT2D eigenvalue weighted by molar-refractivity contribution is 5.54. The molecular formula is C33H33N2+. The van der Waals surface area contributed by atoms with Crippen molar-refractivity contribution < 1.29 is 4.58 Å². The molecule has 0 aromatic heterocycles. The fraction of sp³-hybridized carbons (Fsp3) is 0.242. The van der Waals surface area contributed by atoms with Crippen LogP contribution in [0.15, 0.2) is 121 Å². The molecular weight excluding hydrogens is 424 g/mol. The standard InChI is InChI=1S/C33H33N2/c1-5-13-26(14-6-1)30-21-22-31(27-15-7-2-8-16-27)34(30)25-35-32(28-17-9-3-10-18-28)23-24-33(35)29-19-11-4-12-20-29/h1-20,25,30-33H,21-24H2/q+1. The summed E-state index contributed by atoms with van der Waals surface area (Å²) in [6.45, 7) is 0. The Morgan fingerprint density at radius 3 is 1.17 bits per heavy atom. The summed E-state index contributed by atoms with van der Waals surface area (Å²) < 4.78 is 2.67. The highest BCUT2D eigenvalue weighted by Gasteiger charge is 2.42. The third-order valence-corrected chi connectivity index (χ3v) is 7.87. The first-order chi connectivity index (χ1) is 17.4. The molecule has 0 spiro atoms. The van der Waals surface area contributed by atoms with Crippen molar-refractivity contribution in [3.8, 4) is 0 Å². The van der Waals surface area contributed by atoms with Gasteiger partial charge in [0.1, 0.15) is 24.2 Å². The Bertz CT molecular complexity index is 1150. The van der Waals surface area contributed by atoms with Crippen molar-refractivity contribution in [3.05, 3.63) is 144 Å². The van der Waals surface area contributed by atoms with E-state index in [0.717, 1.165) is 0 Å². The summed E-state index contributed by atoms with van der Waals surface area (Å²) in [6.07, 6.45) is 7.17. The number of nitrogens with zero attached hydrogens (tertiary/aromatic N) is 2. The first-order valence-electron chi connectivity index (χ1n) is 13.0. The smallest absolute Gasteiger partial charge is 0.236 e. The number of likely N-dealkylation sites (tertiary alicyclic amines) is 1. The zero-order valence-electron chi connectivity index (χ0n) is 20.2. The third kappa shape index (κ3) is 4.41.